The molecule has 3 fully saturated rings. The number of aromatic nitrogens is 2. The zero-order chi connectivity index (χ0) is 25.8. The van der Waals surface area contributed by atoms with Gasteiger partial charge in [0.2, 0.25) is 0 Å². The van der Waals surface area contributed by atoms with Gasteiger partial charge in [-0.1, -0.05) is 11.3 Å². The van der Waals surface area contributed by atoms with Crippen LogP contribution in [0.4, 0.5) is 18.3 Å². The van der Waals surface area contributed by atoms with E-state index in [1.807, 2.05) is 0 Å². The molecule has 11 heteroatoms. The molecule has 0 unspecified atom stereocenters. The highest BCUT2D eigenvalue weighted by Gasteiger charge is 2.43. The van der Waals surface area contributed by atoms with Gasteiger partial charge in [0, 0.05) is 37.2 Å². The Morgan fingerprint density at radius 2 is 1.97 bits per heavy atom. The number of pyridine rings is 1. The zero-order valence-corrected chi connectivity index (χ0v) is 21.8. The Kier molecular flexibility index (Phi) is 8.31. The van der Waals surface area contributed by atoms with E-state index in [-0.39, 0.29) is 30.2 Å². The number of halogens is 3. The molecular formula is C26H34F3N5O2S. The average Bonchev–Trinajstić information content (AvgIpc) is 3.52. The number of rotatable bonds is 10. The van der Waals surface area contributed by atoms with E-state index in [4.69, 9.17) is 4.74 Å². The largest absolute Gasteiger partial charge is 0.380 e. The highest BCUT2D eigenvalue weighted by molar-refractivity contribution is 7.17. The fraction of sp³-hybridized carbons (Fsp3) is 0.654. The average molecular weight is 538 g/mol. The summed E-state index contributed by atoms with van der Waals surface area (Å²) in [4.78, 5) is 25.9. The summed E-state index contributed by atoms with van der Waals surface area (Å²) in [5.41, 5.74) is -0.186. The van der Waals surface area contributed by atoms with Crippen LogP contribution in [-0.4, -0.2) is 72.9 Å². The van der Waals surface area contributed by atoms with Gasteiger partial charge in [0.25, 0.3) is 5.91 Å². The summed E-state index contributed by atoms with van der Waals surface area (Å²) in [7, 11) is 0. The summed E-state index contributed by atoms with van der Waals surface area (Å²) < 4.78 is 45.8. The number of likely N-dealkylation sites (tertiary alicyclic amines) is 1. The Hall–Kier alpha value is -2.24. The predicted molar refractivity (Wildman–Crippen MR) is 135 cm³/mol. The number of anilines is 1. The maximum atomic E-state index is 13.8. The number of piperidine rings is 2. The van der Waals surface area contributed by atoms with Crippen molar-refractivity contribution in [1.82, 2.24) is 20.2 Å². The van der Waals surface area contributed by atoms with Crippen LogP contribution in [0.2, 0.25) is 0 Å². The summed E-state index contributed by atoms with van der Waals surface area (Å²) in [6.07, 6.45) is 8.80. The van der Waals surface area contributed by atoms with Crippen LogP contribution in [0.25, 0.3) is 0 Å². The molecule has 1 saturated carbocycles. The fourth-order valence-electron chi connectivity index (χ4n) is 5.26. The van der Waals surface area contributed by atoms with Crippen molar-refractivity contribution in [2.75, 3.05) is 51.0 Å². The fourth-order valence-corrected chi connectivity index (χ4v) is 6.15. The van der Waals surface area contributed by atoms with E-state index in [2.05, 4.69) is 25.1 Å². The van der Waals surface area contributed by atoms with Gasteiger partial charge in [0.05, 0.1) is 44.5 Å². The minimum atomic E-state index is -0.788. The number of carbonyl (C=O) groups is 1. The second-order valence-corrected chi connectivity index (χ2v) is 11.7. The van der Waals surface area contributed by atoms with Gasteiger partial charge in [-0.15, -0.1) is 0 Å². The molecule has 7 nitrogen and oxygen atoms in total. The van der Waals surface area contributed by atoms with E-state index in [9.17, 15) is 18.0 Å². The van der Waals surface area contributed by atoms with E-state index in [0.717, 1.165) is 75.9 Å². The number of amides is 1. The second kappa shape index (κ2) is 11.7. The van der Waals surface area contributed by atoms with Crippen LogP contribution in [0.1, 0.15) is 53.9 Å². The molecule has 2 aromatic heterocycles. The molecule has 1 aliphatic carbocycles. The van der Waals surface area contributed by atoms with Gasteiger partial charge < -0.3 is 15.0 Å². The third kappa shape index (κ3) is 6.61. The topological polar surface area (TPSA) is 70.6 Å². The lowest BCUT2D eigenvalue weighted by Gasteiger charge is -2.42. The molecule has 37 heavy (non-hydrogen) atoms. The predicted octanol–water partition coefficient (Wildman–Crippen LogP) is 4.19. The Morgan fingerprint density at radius 1 is 1.16 bits per heavy atom. The first-order valence-electron chi connectivity index (χ1n) is 13.1. The molecule has 2 aromatic rings. The van der Waals surface area contributed by atoms with Crippen LogP contribution < -0.4 is 10.2 Å². The number of hydrogen-bond acceptors (Lipinski definition) is 7. The first-order valence-corrected chi connectivity index (χ1v) is 13.9. The maximum Gasteiger partial charge on any atom is 0.263 e. The number of alkyl halides is 1. The SMILES string of the molecule is O=C(NCc1ncc(F)cc1F)c1cnc(N2CCC(N3CCC[C@@H](COCC4(CF)CC4)C3)CC2)s1. The monoisotopic (exact) mass is 537 g/mol. The molecule has 1 atom stereocenters. The number of carbonyl (C=O) groups excluding carboxylic acids is 1. The van der Waals surface area contributed by atoms with Gasteiger partial charge >= 0.3 is 0 Å². The molecule has 0 spiro atoms. The van der Waals surface area contributed by atoms with Crippen LogP contribution in [0.15, 0.2) is 18.5 Å². The third-order valence-electron chi connectivity index (χ3n) is 7.82. The number of nitrogens with one attached hydrogen (secondary N) is 1. The summed E-state index contributed by atoms with van der Waals surface area (Å²) in [5.74, 6) is -1.39. The van der Waals surface area contributed by atoms with Gasteiger partial charge in [0.1, 0.15) is 16.5 Å². The van der Waals surface area contributed by atoms with E-state index >= 15 is 0 Å². The Labute approximate surface area is 219 Å². The maximum absolute atomic E-state index is 13.8. The minimum absolute atomic E-state index is 0.0142. The van der Waals surface area contributed by atoms with E-state index in [0.29, 0.717) is 23.4 Å². The smallest absolute Gasteiger partial charge is 0.263 e. The molecule has 4 heterocycles. The lowest BCUT2D eigenvalue weighted by Crippen LogP contribution is -2.49. The van der Waals surface area contributed by atoms with Crippen molar-refractivity contribution in [3.05, 3.63) is 40.7 Å². The minimum Gasteiger partial charge on any atom is -0.380 e. The van der Waals surface area contributed by atoms with Crippen LogP contribution in [0.5, 0.6) is 0 Å². The number of thiazole rings is 1. The highest BCUT2D eigenvalue weighted by Crippen LogP contribution is 2.46. The Balaban J connectivity index is 1.06. The molecule has 0 bridgehead atoms. The van der Waals surface area contributed by atoms with Crippen molar-refractivity contribution in [1.29, 1.82) is 0 Å². The summed E-state index contributed by atoms with van der Waals surface area (Å²) in [5, 5.41) is 3.43. The van der Waals surface area contributed by atoms with Crippen molar-refractivity contribution in [2.45, 2.75) is 51.1 Å². The Morgan fingerprint density at radius 3 is 2.70 bits per heavy atom. The third-order valence-corrected chi connectivity index (χ3v) is 8.88. The van der Waals surface area contributed by atoms with E-state index < -0.39 is 11.6 Å². The van der Waals surface area contributed by atoms with Crippen molar-refractivity contribution in [3.8, 4) is 0 Å². The van der Waals surface area contributed by atoms with Gasteiger partial charge in [-0.25, -0.2) is 13.8 Å². The molecule has 1 N–H and O–H groups in total. The lowest BCUT2D eigenvalue weighted by molar-refractivity contribution is 0.0196. The molecule has 202 valence electrons. The molecule has 3 aliphatic rings. The molecule has 0 radical (unpaired) electrons. The van der Waals surface area contributed by atoms with Crippen molar-refractivity contribution >= 4 is 22.4 Å². The van der Waals surface area contributed by atoms with Gasteiger partial charge in [-0.05, 0) is 51.0 Å². The van der Waals surface area contributed by atoms with Crippen LogP contribution >= 0.6 is 11.3 Å². The van der Waals surface area contributed by atoms with Crippen molar-refractivity contribution in [2.24, 2.45) is 11.3 Å². The normalized spacial score (nSPS) is 22.2. The summed E-state index contributed by atoms with van der Waals surface area (Å²) >= 11 is 1.32. The molecule has 5 rings (SSSR count). The van der Waals surface area contributed by atoms with Crippen LogP contribution in [-0.2, 0) is 11.3 Å². The number of nitrogens with zero attached hydrogens (tertiary/aromatic N) is 4. The summed E-state index contributed by atoms with van der Waals surface area (Å²) in [6.45, 7) is 4.81. The first-order chi connectivity index (χ1) is 17.9. The molecule has 2 saturated heterocycles. The second-order valence-electron chi connectivity index (χ2n) is 10.6. The standard InChI is InChI=1S/C26H34F3N5O2S/c27-16-26(5-6-26)17-36-15-18-2-1-7-34(14-18)20-3-8-33(9-4-20)25-32-13-23(37-25)24(35)31-12-22-21(29)10-19(28)11-30-22/h10-11,13,18,20H,1-9,12,14-17H2,(H,31,35)/t18-/m1/s1. The van der Waals surface area contributed by atoms with Crippen LogP contribution in [0, 0.1) is 23.0 Å². The van der Waals surface area contributed by atoms with E-state index in [1.165, 1.54) is 24.2 Å². The molecular weight excluding hydrogens is 503 g/mol. The van der Waals surface area contributed by atoms with Crippen molar-refractivity contribution in [3.63, 3.8) is 0 Å². The highest BCUT2D eigenvalue weighted by atomic mass is 32.1. The Bertz CT molecular complexity index is 1070. The van der Waals surface area contributed by atoms with Gasteiger partial charge in [-0.3, -0.25) is 19.1 Å². The molecule has 2 aliphatic heterocycles. The summed E-state index contributed by atoms with van der Waals surface area (Å²) in [6, 6.07) is 1.28. The quantitative estimate of drug-likeness (QED) is 0.490. The number of ether oxygens (including phenoxy) is 1. The van der Waals surface area contributed by atoms with Gasteiger partial charge in [0.15, 0.2) is 5.13 Å². The molecule has 1 amide bonds. The lowest BCUT2D eigenvalue weighted by atomic mass is 9.94. The van der Waals surface area contributed by atoms with E-state index in [1.54, 1.807) is 6.20 Å². The molecule has 0 aromatic carbocycles. The van der Waals surface area contributed by atoms with Gasteiger partial charge in [-0.2, -0.15) is 0 Å². The first kappa shape index (κ1) is 26.4. The van der Waals surface area contributed by atoms with Crippen molar-refractivity contribution < 1.29 is 22.7 Å². The number of hydrogen-bond donors (Lipinski definition) is 1. The van der Waals surface area contributed by atoms with Crippen LogP contribution in [0.3, 0.4) is 0 Å². The zero-order valence-electron chi connectivity index (χ0n) is 20.9.